The molecule has 2 aromatic carbocycles. The fraction of sp³-hybridized carbons (Fsp3) is 0.150. The number of anilines is 1. The Morgan fingerprint density at radius 2 is 1.71 bits per heavy atom. The number of amides is 2. The predicted molar refractivity (Wildman–Crippen MR) is 103 cm³/mol. The molecular weight excluding hydrogens is 360 g/mol. The van der Waals surface area contributed by atoms with E-state index in [-0.39, 0.29) is 17.9 Å². The minimum Gasteiger partial charge on any atom is -0.480 e. The molecule has 0 fully saturated rings. The number of carboxylic acids is 1. The molecule has 0 saturated carbocycles. The lowest BCUT2D eigenvalue weighted by atomic mass is 10.1. The monoisotopic (exact) mass is 378 g/mol. The molecule has 8 nitrogen and oxygen atoms in total. The van der Waals surface area contributed by atoms with E-state index >= 15 is 0 Å². The van der Waals surface area contributed by atoms with Gasteiger partial charge in [-0.2, -0.15) is 0 Å². The van der Waals surface area contributed by atoms with E-state index in [4.69, 9.17) is 0 Å². The maximum atomic E-state index is 12.6. The van der Waals surface area contributed by atoms with Crippen LogP contribution in [0.2, 0.25) is 0 Å². The zero-order valence-electron chi connectivity index (χ0n) is 15.0. The van der Waals surface area contributed by atoms with E-state index in [9.17, 15) is 19.5 Å². The maximum Gasteiger partial charge on any atom is 0.326 e. The van der Waals surface area contributed by atoms with Gasteiger partial charge in [-0.1, -0.05) is 24.3 Å². The SMILES string of the molecule is CC(=O)Nc1ccccc1C(=O)N[C@@H](Cc1cnc2ccccc2n1)C(=O)O. The second-order valence-electron chi connectivity index (χ2n) is 6.15. The van der Waals surface area contributed by atoms with Gasteiger partial charge in [-0.05, 0) is 24.3 Å². The molecule has 0 spiro atoms. The Bertz CT molecular complexity index is 1050. The van der Waals surface area contributed by atoms with Gasteiger partial charge < -0.3 is 15.7 Å². The first-order valence-electron chi connectivity index (χ1n) is 8.55. The standard InChI is InChI=1S/C20H18N4O4/c1-12(25)22-15-7-3-2-6-14(15)19(26)24-18(20(27)28)10-13-11-21-16-8-4-5-9-17(16)23-13/h2-9,11,18H,10H2,1H3,(H,22,25)(H,24,26)(H,27,28)/t18-/m0/s1. The predicted octanol–water partition coefficient (Wildman–Crippen LogP) is 2.01. The summed E-state index contributed by atoms with van der Waals surface area (Å²) in [4.78, 5) is 44.2. The number of benzene rings is 2. The van der Waals surface area contributed by atoms with Crippen molar-refractivity contribution in [3.63, 3.8) is 0 Å². The van der Waals surface area contributed by atoms with E-state index in [0.717, 1.165) is 0 Å². The molecule has 1 atom stereocenters. The topological polar surface area (TPSA) is 121 Å². The van der Waals surface area contributed by atoms with Crippen LogP contribution in [0.15, 0.2) is 54.7 Å². The van der Waals surface area contributed by atoms with Gasteiger partial charge in [0.05, 0.1) is 28.0 Å². The van der Waals surface area contributed by atoms with Crippen molar-refractivity contribution in [1.29, 1.82) is 0 Å². The molecule has 1 heterocycles. The molecule has 0 bridgehead atoms. The van der Waals surface area contributed by atoms with E-state index in [1.165, 1.54) is 19.2 Å². The van der Waals surface area contributed by atoms with E-state index < -0.39 is 17.9 Å². The summed E-state index contributed by atoms with van der Waals surface area (Å²) in [6.45, 7) is 1.33. The number of hydrogen-bond acceptors (Lipinski definition) is 5. The van der Waals surface area contributed by atoms with Crippen LogP contribution in [0.3, 0.4) is 0 Å². The van der Waals surface area contributed by atoms with E-state index in [2.05, 4.69) is 20.6 Å². The molecule has 1 aromatic heterocycles. The summed E-state index contributed by atoms with van der Waals surface area (Å²) in [6, 6.07) is 12.4. The molecule has 0 saturated heterocycles. The Kier molecular flexibility index (Phi) is 5.59. The van der Waals surface area contributed by atoms with Crippen molar-refractivity contribution in [3.8, 4) is 0 Å². The van der Waals surface area contributed by atoms with Crippen molar-refractivity contribution in [2.24, 2.45) is 0 Å². The van der Waals surface area contributed by atoms with Crippen LogP contribution in [-0.2, 0) is 16.0 Å². The van der Waals surface area contributed by atoms with Crippen LogP contribution in [0.4, 0.5) is 5.69 Å². The molecule has 8 heteroatoms. The fourth-order valence-electron chi connectivity index (χ4n) is 2.72. The minimum atomic E-state index is -1.20. The fourth-order valence-corrected chi connectivity index (χ4v) is 2.72. The van der Waals surface area contributed by atoms with Gasteiger partial charge in [0.1, 0.15) is 6.04 Å². The number of para-hydroxylation sites is 3. The quantitative estimate of drug-likeness (QED) is 0.603. The average molecular weight is 378 g/mol. The van der Waals surface area contributed by atoms with Crippen LogP contribution in [0.5, 0.6) is 0 Å². The maximum absolute atomic E-state index is 12.6. The van der Waals surface area contributed by atoms with Crippen molar-refractivity contribution in [2.75, 3.05) is 5.32 Å². The van der Waals surface area contributed by atoms with Gasteiger partial charge in [-0.15, -0.1) is 0 Å². The van der Waals surface area contributed by atoms with Crippen molar-refractivity contribution >= 4 is 34.5 Å². The Morgan fingerprint density at radius 3 is 2.43 bits per heavy atom. The Morgan fingerprint density at radius 1 is 1.04 bits per heavy atom. The van der Waals surface area contributed by atoms with Gasteiger partial charge in [0.25, 0.3) is 5.91 Å². The summed E-state index contributed by atoms with van der Waals surface area (Å²) in [5.74, 6) is -2.13. The van der Waals surface area contributed by atoms with Crippen molar-refractivity contribution in [2.45, 2.75) is 19.4 Å². The highest BCUT2D eigenvalue weighted by Crippen LogP contribution is 2.16. The first kappa shape index (κ1) is 19.0. The van der Waals surface area contributed by atoms with Crippen LogP contribution >= 0.6 is 0 Å². The first-order valence-corrected chi connectivity index (χ1v) is 8.55. The lowest BCUT2D eigenvalue weighted by Gasteiger charge is -2.16. The van der Waals surface area contributed by atoms with Crippen LogP contribution in [0, 0.1) is 0 Å². The van der Waals surface area contributed by atoms with Crippen molar-refractivity contribution in [1.82, 2.24) is 15.3 Å². The normalized spacial score (nSPS) is 11.6. The van der Waals surface area contributed by atoms with E-state index in [1.54, 1.807) is 24.3 Å². The average Bonchev–Trinajstić information content (AvgIpc) is 2.67. The van der Waals surface area contributed by atoms with Gasteiger partial charge in [0.2, 0.25) is 5.91 Å². The highest BCUT2D eigenvalue weighted by atomic mass is 16.4. The summed E-state index contributed by atoms with van der Waals surface area (Å²) >= 11 is 0. The molecule has 3 N–H and O–H groups in total. The second kappa shape index (κ2) is 8.26. The smallest absolute Gasteiger partial charge is 0.326 e. The lowest BCUT2D eigenvalue weighted by Crippen LogP contribution is -2.42. The van der Waals surface area contributed by atoms with Crippen LogP contribution in [0.25, 0.3) is 11.0 Å². The van der Waals surface area contributed by atoms with Crippen LogP contribution in [0.1, 0.15) is 23.0 Å². The summed E-state index contributed by atoms with van der Waals surface area (Å²) < 4.78 is 0. The van der Waals surface area contributed by atoms with Gasteiger partial charge >= 0.3 is 5.97 Å². The number of aliphatic carboxylic acids is 1. The zero-order valence-corrected chi connectivity index (χ0v) is 15.0. The van der Waals surface area contributed by atoms with Gasteiger partial charge in [0.15, 0.2) is 0 Å². The lowest BCUT2D eigenvalue weighted by molar-refractivity contribution is -0.139. The number of carbonyl (C=O) groups excluding carboxylic acids is 2. The Balaban J connectivity index is 1.80. The number of hydrogen-bond donors (Lipinski definition) is 3. The molecule has 0 aliphatic rings. The third kappa shape index (κ3) is 4.47. The number of nitrogens with zero attached hydrogens (tertiary/aromatic N) is 2. The third-order valence-corrected chi connectivity index (χ3v) is 4.00. The molecule has 2 amide bonds. The number of fused-ring (bicyclic) bond motifs is 1. The molecule has 142 valence electrons. The van der Waals surface area contributed by atoms with E-state index in [0.29, 0.717) is 22.4 Å². The minimum absolute atomic E-state index is 0.0266. The molecular formula is C20H18N4O4. The number of carbonyl (C=O) groups is 3. The second-order valence-corrected chi connectivity index (χ2v) is 6.15. The Hall–Kier alpha value is -3.81. The summed E-state index contributed by atoms with van der Waals surface area (Å²) in [7, 11) is 0. The molecule has 0 aliphatic heterocycles. The molecule has 3 aromatic rings. The largest absolute Gasteiger partial charge is 0.480 e. The molecule has 3 rings (SSSR count). The van der Waals surface area contributed by atoms with Crippen LogP contribution < -0.4 is 10.6 Å². The third-order valence-electron chi connectivity index (χ3n) is 4.00. The summed E-state index contributed by atoms with van der Waals surface area (Å²) in [5, 5.41) is 14.6. The van der Waals surface area contributed by atoms with Crippen molar-refractivity contribution < 1.29 is 19.5 Å². The summed E-state index contributed by atoms with van der Waals surface area (Å²) in [6.07, 6.45) is 1.47. The van der Waals surface area contributed by atoms with Crippen molar-refractivity contribution in [3.05, 3.63) is 66.0 Å². The van der Waals surface area contributed by atoms with Crippen LogP contribution in [-0.4, -0.2) is 38.9 Å². The number of rotatable bonds is 6. The number of aromatic nitrogens is 2. The molecule has 0 radical (unpaired) electrons. The van der Waals surface area contributed by atoms with E-state index in [1.807, 2.05) is 18.2 Å². The number of nitrogens with one attached hydrogen (secondary N) is 2. The Labute approximate surface area is 160 Å². The van der Waals surface area contributed by atoms with Gasteiger partial charge in [-0.3, -0.25) is 14.6 Å². The highest BCUT2D eigenvalue weighted by molar-refractivity contribution is 6.04. The first-order chi connectivity index (χ1) is 13.4. The molecule has 0 unspecified atom stereocenters. The van der Waals surface area contributed by atoms with Gasteiger partial charge in [-0.25, -0.2) is 9.78 Å². The molecule has 28 heavy (non-hydrogen) atoms. The number of carboxylic acid groups (broad SMARTS) is 1. The highest BCUT2D eigenvalue weighted by Gasteiger charge is 2.23. The summed E-state index contributed by atoms with van der Waals surface area (Å²) in [5.41, 5.74) is 2.27. The van der Waals surface area contributed by atoms with Gasteiger partial charge in [0, 0.05) is 19.5 Å². The molecule has 0 aliphatic carbocycles. The zero-order chi connectivity index (χ0) is 20.1.